The van der Waals surface area contributed by atoms with Gasteiger partial charge in [0.25, 0.3) is 0 Å². The van der Waals surface area contributed by atoms with E-state index in [1.165, 1.54) is 0 Å². The summed E-state index contributed by atoms with van der Waals surface area (Å²) in [6.07, 6.45) is 7.47. The minimum Gasteiger partial charge on any atom is -0.114 e. The normalized spacial score (nSPS) is 25.3. The van der Waals surface area contributed by atoms with Crippen molar-refractivity contribution in [2.45, 2.75) is 12.3 Å². The molecular formula is C8H8Cl2. The van der Waals surface area contributed by atoms with Crippen molar-refractivity contribution in [3.05, 3.63) is 34.9 Å². The minimum atomic E-state index is -0.00694. The largest absolute Gasteiger partial charge is 0.114 e. The van der Waals surface area contributed by atoms with Crippen LogP contribution in [-0.4, -0.2) is 5.38 Å². The SMILES string of the molecule is CC1=CC(Cl)=CC=CC1Cl. The van der Waals surface area contributed by atoms with Crippen LogP contribution in [0.4, 0.5) is 0 Å². The zero-order valence-corrected chi connectivity index (χ0v) is 7.15. The molecule has 1 atom stereocenters. The molecule has 2 heteroatoms. The first-order valence-electron chi connectivity index (χ1n) is 3.06. The summed E-state index contributed by atoms with van der Waals surface area (Å²) in [5.41, 5.74) is 1.08. The Morgan fingerprint density at radius 1 is 1.50 bits per heavy atom. The van der Waals surface area contributed by atoms with E-state index in [1.54, 1.807) is 0 Å². The van der Waals surface area contributed by atoms with E-state index in [0.717, 1.165) is 10.6 Å². The Hall–Kier alpha value is -0.200. The molecular weight excluding hydrogens is 167 g/mol. The second-order valence-electron chi connectivity index (χ2n) is 2.23. The van der Waals surface area contributed by atoms with Gasteiger partial charge in [0, 0.05) is 5.03 Å². The first-order valence-corrected chi connectivity index (χ1v) is 3.88. The van der Waals surface area contributed by atoms with Gasteiger partial charge in [-0.2, -0.15) is 0 Å². The fraction of sp³-hybridized carbons (Fsp3) is 0.250. The molecule has 0 saturated carbocycles. The predicted octanol–water partition coefficient (Wildman–Crippen LogP) is 3.23. The highest BCUT2D eigenvalue weighted by Gasteiger charge is 2.03. The van der Waals surface area contributed by atoms with Gasteiger partial charge in [-0.15, -0.1) is 11.6 Å². The van der Waals surface area contributed by atoms with Gasteiger partial charge in [-0.3, -0.25) is 0 Å². The van der Waals surface area contributed by atoms with Gasteiger partial charge >= 0.3 is 0 Å². The topological polar surface area (TPSA) is 0 Å². The minimum absolute atomic E-state index is 0.00694. The molecule has 1 aliphatic carbocycles. The Labute approximate surface area is 70.8 Å². The molecule has 10 heavy (non-hydrogen) atoms. The molecule has 0 bridgehead atoms. The molecule has 0 aromatic heterocycles. The van der Waals surface area contributed by atoms with Crippen LogP contribution in [0.5, 0.6) is 0 Å². The second kappa shape index (κ2) is 3.27. The summed E-state index contributed by atoms with van der Waals surface area (Å²) in [5, 5.41) is 0.726. The van der Waals surface area contributed by atoms with Crippen molar-refractivity contribution >= 4 is 23.2 Å². The molecule has 0 heterocycles. The van der Waals surface area contributed by atoms with Crippen molar-refractivity contribution < 1.29 is 0 Å². The Morgan fingerprint density at radius 2 is 2.20 bits per heavy atom. The lowest BCUT2D eigenvalue weighted by molar-refractivity contribution is 1.22. The molecule has 0 fully saturated rings. The van der Waals surface area contributed by atoms with Crippen molar-refractivity contribution in [2.75, 3.05) is 0 Å². The number of hydrogen-bond donors (Lipinski definition) is 0. The van der Waals surface area contributed by atoms with Gasteiger partial charge in [0.15, 0.2) is 0 Å². The standard InChI is InChI=1S/C8H8Cl2/c1-6-5-7(9)3-2-4-8(6)10/h2-5,8H,1H3. The second-order valence-corrected chi connectivity index (χ2v) is 3.13. The number of hydrogen-bond acceptors (Lipinski definition) is 0. The molecule has 1 aliphatic rings. The molecule has 0 spiro atoms. The van der Waals surface area contributed by atoms with E-state index in [1.807, 2.05) is 31.2 Å². The van der Waals surface area contributed by atoms with Crippen molar-refractivity contribution in [3.8, 4) is 0 Å². The maximum Gasteiger partial charge on any atom is 0.0730 e. The quantitative estimate of drug-likeness (QED) is 0.495. The molecule has 0 N–H and O–H groups in total. The van der Waals surface area contributed by atoms with Crippen LogP contribution in [0.2, 0.25) is 0 Å². The van der Waals surface area contributed by atoms with Gasteiger partial charge in [0.1, 0.15) is 0 Å². The monoisotopic (exact) mass is 174 g/mol. The van der Waals surface area contributed by atoms with Crippen molar-refractivity contribution in [3.63, 3.8) is 0 Å². The third-order valence-electron chi connectivity index (χ3n) is 1.34. The highest BCUT2D eigenvalue weighted by atomic mass is 35.5. The van der Waals surface area contributed by atoms with E-state index in [-0.39, 0.29) is 5.38 Å². The van der Waals surface area contributed by atoms with Crippen LogP contribution >= 0.6 is 23.2 Å². The molecule has 0 aromatic rings. The third kappa shape index (κ3) is 1.89. The van der Waals surface area contributed by atoms with Crippen LogP contribution in [-0.2, 0) is 0 Å². The fourth-order valence-electron chi connectivity index (χ4n) is 0.742. The molecule has 54 valence electrons. The molecule has 0 aliphatic heterocycles. The van der Waals surface area contributed by atoms with Gasteiger partial charge < -0.3 is 0 Å². The van der Waals surface area contributed by atoms with E-state index in [4.69, 9.17) is 23.2 Å². The van der Waals surface area contributed by atoms with Gasteiger partial charge in [-0.05, 0) is 19.1 Å². The van der Waals surface area contributed by atoms with Gasteiger partial charge in [-0.25, -0.2) is 0 Å². The summed E-state index contributed by atoms with van der Waals surface area (Å²) in [5.74, 6) is 0. The highest BCUT2D eigenvalue weighted by molar-refractivity contribution is 6.31. The summed E-state index contributed by atoms with van der Waals surface area (Å²) in [7, 11) is 0. The molecule has 0 aromatic carbocycles. The van der Waals surface area contributed by atoms with Gasteiger partial charge in [0.05, 0.1) is 5.38 Å². The van der Waals surface area contributed by atoms with E-state index in [0.29, 0.717) is 0 Å². The molecule has 0 radical (unpaired) electrons. The molecule has 0 nitrogen and oxygen atoms in total. The van der Waals surface area contributed by atoms with Gasteiger partial charge in [0.2, 0.25) is 0 Å². The first kappa shape index (κ1) is 7.90. The van der Waals surface area contributed by atoms with Crippen molar-refractivity contribution in [2.24, 2.45) is 0 Å². The van der Waals surface area contributed by atoms with Gasteiger partial charge in [-0.1, -0.05) is 29.3 Å². The van der Waals surface area contributed by atoms with E-state index in [2.05, 4.69) is 0 Å². The summed E-state index contributed by atoms with van der Waals surface area (Å²) < 4.78 is 0. The van der Waals surface area contributed by atoms with E-state index < -0.39 is 0 Å². The zero-order valence-electron chi connectivity index (χ0n) is 5.64. The number of alkyl halides is 1. The Kier molecular flexibility index (Phi) is 2.58. The molecule has 1 rings (SSSR count). The van der Waals surface area contributed by atoms with Crippen LogP contribution in [0, 0.1) is 0 Å². The summed E-state index contributed by atoms with van der Waals surface area (Å²) >= 11 is 11.6. The lowest BCUT2D eigenvalue weighted by Crippen LogP contribution is -1.92. The Balaban J connectivity index is 2.90. The number of halogens is 2. The summed E-state index contributed by atoms with van der Waals surface area (Å²) in [6, 6.07) is 0. The summed E-state index contributed by atoms with van der Waals surface area (Å²) in [4.78, 5) is 0. The van der Waals surface area contributed by atoms with Crippen LogP contribution in [0.3, 0.4) is 0 Å². The fourth-order valence-corrected chi connectivity index (χ4v) is 1.13. The zero-order chi connectivity index (χ0) is 7.56. The first-order chi connectivity index (χ1) is 4.70. The lowest BCUT2D eigenvalue weighted by atomic mass is 10.2. The van der Waals surface area contributed by atoms with Crippen LogP contribution < -0.4 is 0 Å². The van der Waals surface area contributed by atoms with Crippen molar-refractivity contribution in [1.82, 2.24) is 0 Å². The summed E-state index contributed by atoms with van der Waals surface area (Å²) in [6.45, 7) is 1.96. The van der Waals surface area contributed by atoms with Crippen LogP contribution in [0.1, 0.15) is 6.92 Å². The molecule has 0 amide bonds. The predicted molar refractivity (Wildman–Crippen MR) is 46.5 cm³/mol. The maximum absolute atomic E-state index is 5.89. The molecule has 1 unspecified atom stereocenters. The Morgan fingerprint density at radius 3 is 2.90 bits per heavy atom. The van der Waals surface area contributed by atoms with Crippen LogP contribution in [0.15, 0.2) is 34.9 Å². The van der Waals surface area contributed by atoms with E-state index in [9.17, 15) is 0 Å². The highest BCUT2D eigenvalue weighted by Crippen LogP contribution is 2.18. The smallest absolute Gasteiger partial charge is 0.0730 e. The van der Waals surface area contributed by atoms with Crippen molar-refractivity contribution in [1.29, 1.82) is 0 Å². The average Bonchev–Trinajstić information content (AvgIpc) is 1.96. The lowest BCUT2D eigenvalue weighted by Gasteiger charge is -2.00. The Bertz CT molecular complexity index is 211. The van der Waals surface area contributed by atoms with E-state index >= 15 is 0 Å². The van der Waals surface area contributed by atoms with Crippen LogP contribution in [0.25, 0.3) is 0 Å². The number of allylic oxidation sites excluding steroid dienone is 6. The molecule has 0 saturated heterocycles. The number of rotatable bonds is 0. The average molecular weight is 175 g/mol. The maximum atomic E-state index is 5.89. The third-order valence-corrected chi connectivity index (χ3v) is 2.06.